The fourth-order valence-corrected chi connectivity index (χ4v) is 20.4. The summed E-state index contributed by atoms with van der Waals surface area (Å²) in [6.45, 7) is 32.7. The van der Waals surface area contributed by atoms with Crippen LogP contribution in [0.2, 0.25) is 17.6 Å². The van der Waals surface area contributed by atoms with Crippen molar-refractivity contribution < 1.29 is 0 Å². The molecule has 6 unspecified atom stereocenters. The molecule has 0 heterocycles. The summed E-state index contributed by atoms with van der Waals surface area (Å²) >= 11 is 0. The quantitative estimate of drug-likeness (QED) is 0.146. The molecular formula is C48H78Si. The number of aryl methyl sites for hydroxylation is 1. The van der Waals surface area contributed by atoms with E-state index < -0.39 is 8.07 Å². The van der Waals surface area contributed by atoms with Gasteiger partial charge in [0.15, 0.2) is 0 Å². The van der Waals surface area contributed by atoms with E-state index in [1.54, 1.807) is 39.9 Å². The molecule has 0 aliphatic heterocycles. The SMILES string of the molecule is CCCCCC[Si](CCCCCC)(C1c2cc3c(c(-c4cc(C(C)(C)C)cc(C(C)(C)C)c4)c2CC1C)CCC3)C1C(C)C(C)C(C)C1C. The Morgan fingerprint density at radius 1 is 0.612 bits per heavy atom. The summed E-state index contributed by atoms with van der Waals surface area (Å²) in [5.74, 6) is 4.18. The Balaban J connectivity index is 1.76. The predicted octanol–water partition coefficient (Wildman–Crippen LogP) is 14.8. The van der Waals surface area contributed by atoms with Crippen LogP contribution in [0.3, 0.4) is 0 Å². The molecule has 0 bridgehead atoms. The first kappa shape index (κ1) is 38.9. The molecule has 3 aliphatic rings. The summed E-state index contributed by atoms with van der Waals surface area (Å²) in [5, 5.41) is 0. The highest BCUT2D eigenvalue weighted by Crippen LogP contribution is 2.63. The first-order chi connectivity index (χ1) is 23.1. The molecule has 1 heteroatoms. The first-order valence-electron chi connectivity index (χ1n) is 21.4. The maximum Gasteiger partial charge on any atom is 0.0652 e. The van der Waals surface area contributed by atoms with Gasteiger partial charge in [-0.15, -0.1) is 0 Å². The molecule has 0 spiro atoms. The van der Waals surface area contributed by atoms with Crippen molar-refractivity contribution in [2.75, 3.05) is 0 Å². The van der Waals surface area contributed by atoms with Crippen LogP contribution in [0, 0.1) is 29.6 Å². The van der Waals surface area contributed by atoms with Crippen LogP contribution < -0.4 is 0 Å². The predicted molar refractivity (Wildman–Crippen MR) is 221 cm³/mol. The molecule has 49 heavy (non-hydrogen) atoms. The van der Waals surface area contributed by atoms with Crippen molar-refractivity contribution in [3.05, 3.63) is 57.6 Å². The first-order valence-corrected chi connectivity index (χ1v) is 24.0. The molecule has 0 radical (unpaired) electrons. The lowest BCUT2D eigenvalue weighted by atomic mass is 9.77. The van der Waals surface area contributed by atoms with Crippen molar-refractivity contribution in [1.82, 2.24) is 0 Å². The summed E-state index contributed by atoms with van der Waals surface area (Å²) < 4.78 is 0. The van der Waals surface area contributed by atoms with Crippen molar-refractivity contribution in [2.45, 2.75) is 201 Å². The molecule has 2 aromatic rings. The number of hydrogen-bond donors (Lipinski definition) is 0. The summed E-state index contributed by atoms with van der Waals surface area (Å²) in [6.07, 6.45) is 16.5. The summed E-state index contributed by atoms with van der Waals surface area (Å²) in [6, 6.07) is 13.8. The number of benzene rings is 2. The van der Waals surface area contributed by atoms with Gasteiger partial charge in [0.2, 0.25) is 0 Å². The molecule has 0 nitrogen and oxygen atoms in total. The highest BCUT2D eigenvalue weighted by atomic mass is 28.3. The van der Waals surface area contributed by atoms with Gasteiger partial charge in [-0.1, -0.05) is 178 Å². The lowest BCUT2D eigenvalue weighted by Gasteiger charge is -2.49. The average molecular weight is 683 g/mol. The van der Waals surface area contributed by atoms with Gasteiger partial charge in [0.25, 0.3) is 0 Å². The Kier molecular flexibility index (Phi) is 12.2. The zero-order valence-corrected chi connectivity index (χ0v) is 35.8. The van der Waals surface area contributed by atoms with Gasteiger partial charge in [-0.05, 0) is 122 Å². The van der Waals surface area contributed by atoms with E-state index in [1.165, 1.54) is 88.2 Å². The lowest BCUT2D eigenvalue weighted by Crippen LogP contribution is -2.50. The third-order valence-electron chi connectivity index (χ3n) is 14.8. The summed E-state index contributed by atoms with van der Waals surface area (Å²) in [5.41, 5.74) is 15.4. The maximum absolute atomic E-state index is 2.87. The molecule has 274 valence electrons. The zero-order valence-electron chi connectivity index (χ0n) is 34.8. The van der Waals surface area contributed by atoms with Gasteiger partial charge in [0.1, 0.15) is 0 Å². The van der Waals surface area contributed by atoms with Crippen LogP contribution in [0.4, 0.5) is 0 Å². The van der Waals surface area contributed by atoms with E-state index in [4.69, 9.17) is 0 Å². The van der Waals surface area contributed by atoms with Gasteiger partial charge >= 0.3 is 0 Å². The van der Waals surface area contributed by atoms with Gasteiger partial charge < -0.3 is 0 Å². The minimum absolute atomic E-state index is 0.133. The van der Waals surface area contributed by atoms with Gasteiger partial charge in [0, 0.05) is 0 Å². The van der Waals surface area contributed by atoms with E-state index in [9.17, 15) is 0 Å². The van der Waals surface area contributed by atoms with Crippen LogP contribution in [-0.4, -0.2) is 8.07 Å². The van der Waals surface area contributed by atoms with Gasteiger partial charge in [-0.2, -0.15) is 0 Å². The van der Waals surface area contributed by atoms with Crippen LogP contribution >= 0.6 is 0 Å². The second-order valence-corrected chi connectivity index (χ2v) is 24.8. The Morgan fingerprint density at radius 2 is 1.14 bits per heavy atom. The van der Waals surface area contributed by atoms with Crippen molar-refractivity contribution in [2.24, 2.45) is 29.6 Å². The molecule has 2 aromatic carbocycles. The molecule has 0 amide bonds. The number of hydrogen-bond acceptors (Lipinski definition) is 0. The molecule has 0 N–H and O–H groups in total. The maximum atomic E-state index is 2.87. The third kappa shape index (κ3) is 7.60. The monoisotopic (exact) mass is 683 g/mol. The summed E-state index contributed by atoms with van der Waals surface area (Å²) in [4.78, 5) is 0. The highest BCUT2D eigenvalue weighted by Gasteiger charge is 2.58. The van der Waals surface area contributed by atoms with Crippen molar-refractivity contribution >= 4 is 8.07 Å². The molecular weight excluding hydrogens is 605 g/mol. The van der Waals surface area contributed by atoms with E-state index in [1.807, 2.05) is 5.56 Å². The van der Waals surface area contributed by atoms with E-state index in [0.29, 0.717) is 0 Å². The average Bonchev–Trinajstić information content (AvgIpc) is 3.69. The third-order valence-corrected chi connectivity index (χ3v) is 21.9. The van der Waals surface area contributed by atoms with Gasteiger partial charge in [-0.25, -0.2) is 0 Å². The van der Waals surface area contributed by atoms with Crippen LogP contribution in [0.25, 0.3) is 11.1 Å². The molecule has 1 saturated carbocycles. The van der Waals surface area contributed by atoms with Gasteiger partial charge in [0.05, 0.1) is 8.07 Å². The van der Waals surface area contributed by atoms with Crippen LogP contribution in [-0.2, 0) is 30.1 Å². The van der Waals surface area contributed by atoms with E-state index in [-0.39, 0.29) is 10.8 Å². The second kappa shape index (κ2) is 15.3. The minimum Gasteiger partial charge on any atom is -0.0654 e. The molecule has 1 fully saturated rings. The number of unbranched alkanes of at least 4 members (excludes halogenated alkanes) is 6. The Labute approximate surface area is 306 Å². The van der Waals surface area contributed by atoms with E-state index >= 15 is 0 Å². The number of rotatable bonds is 13. The van der Waals surface area contributed by atoms with Crippen molar-refractivity contribution in [1.29, 1.82) is 0 Å². The molecule has 6 atom stereocenters. The topological polar surface area (TPSA) is 0 Å². The smallest absolute Gasteiger partial charge is 0.0652 e. The molecule has 3 aliphatic carbocycles. The normalized spacial score (nSPS) is 27.2. The molecule has 0 saturated heterocycles. The Morgan fingerprint density at radius 3 is 1.63 bits per heavy atom. The van der Waals surface area contributed by atoms with Crippen LogP contribution in [0.5, 0.6) is 0 Å². The standard InChI is InChI=1S/C48H78Si/c1-14-16-18-20-25-49(26-21-19-17-15-2,46-35(6)33(4)34(5)36(46)7)45-32(3)27-42-43(45)30-37-23-22-24-41(37)44(42)38-28-39(47(8,9)10)31-40(29-38)48(11,12)13/h28-36,45-46H,14-27H2,1-13H3. The highest BCUT2D eigenvalue weighted by molar-refractivity contribution is 6.83. The van der Waals surface area contributed by atoms with Crippen molar-refractivity contribution in [3.63, 3.8) is 0 Å². The molecule has 0 aromatic heterocycles. The zero-order chi connectivity index (χ0) is 35.9. The second-order valence-electron chi connectivity index (χ2n) is 20.1. The van der Waals surface area contributed by atoms with Gasteiger partial charge in [-0.3, -0.25) is 0 Å². The summed E-state index contributed by atoms with van der Waals surface area (Å²) in [7, 11) is -1.79. The number of fused-ring (bicyclic) bond motifs is 2. The fraction of sp³-hybridized carbons (Fsp3) is 0.750. The minimum atomic E-state index is -1.79. The molecule has 5 rings (SSSR count). The van der Waals surface area contributed by atoms with E-state index in [0.717, 1.165) is 40.7 Å². The Bertz CT molecular complexity index is 1360. The lowest BCUT2D eigenvalue weighted by molar-refractivity contribution is 0.352. The Hall–Kier alpha value is -1.34. The largest absolute Gasteiger partial charge is 0.0654 e. The van der Waals surface area contributed by atoms with Crippen LogP contribution in [0.1, 0.15) is 187 Å². The fourth-order valence-electron chi connectivity index (χ4n) is 11.8. The van der Waals surface area contributed by atoms with Crippen molar-refractivity contribution in [3.8, 4) is 11.1 Å². The van der Waals surface area contributed by atoms with E-state index in [2.05, 4.69) is 114 Å². The van der Waals surface area contributed by atoms with Crippen LogP contribution in [0.15, 0.2) is 24.3 Å².